The van der Waals surface area contributed by atoms with E-state index in [2.05, 4.69) is 10.4 Å². The Balaban J connectivity index is 1.63. The molecule has 0 bridgehead atoms. The lowest BCUT2D eigenvalue weighted by atomic mass is 9.63. The number of methoxy groups -OCH3 is 1. The summed E-state index contributed by atoms with van der Waals surface area (Å²) in [6, 6.07) is 14.4. The smallest absolute Gasteiger partial charge is 0.225 e. The molecule has 3 aromatic rings. The molecule has 1 N–H and O–H groups in total. The minimum Gasteiger partial charge on any atom is -0.382 e. The number of rotatable bonds is 8. The Morgan fingerprint density at radius 2 is 1.91 bits per heavy atom. The van der Waals surface area contributed by atoms with Crippen molar-refractivity contribution in [3.05, 3.63) is 71.7 Å². The first kappa shape index (κ1) is 24.1. The van der Waals surface area contributed by atoms with E-state index in [0.717, 1.165) is 30.8 Å². The fourth-order valence-corrected chi connectivity index (χ4v) is 6.83. The Bertz CT molecular complexity index is 1280. The van der Waals surface area contributed by atoms with Gasteiger partial charge in [0.2, 0.25) is 9.84 Å². The lowest BCUT2D eigenvalue weighted by Crippen LogP contribution is -2.53. The molecule has 0 amide bonds. The summed E-state index contributed by atoms with van der Waals surface area (Å²) in [5.74, 6) is -0.0422. The van der Waals surface area contributed by atoms with Gasteiger partial charge in [0.15, 0.2) is 5.03 Å². The fraction of sp³-hybridized carbons (Fsp3) is 0.423. The maximum Gasteiger partial charge on any atom is 0.225 e. The van der Waals surface area contributed by atoms with E-state index in [0.29, 0.717) is 44.3 Å². The monoisotopic (exact) mass is 499 g/mol. The summed E-state index contributed by atoms with van der Waals surface area (Å²) in [7, 11) is -2.21. The van der Waals surface area contributed by atoms with Gasteiger partial charge in [-0.3, -0.25) is 0 Å². The highest BCUT2D eigenvalue weighted by molar-refractivity contribution is 7.91. The first-order chi connectivity index (χ1) is 16.9. The zero-order chi connectivity index (χ0) is 24.5. The fourth-order valence-electron chi connectivity index (χ4n) is 5.39. The van der Waals surface area contributed by atoms with Crippen molar-refractivity contribution < 1.29 is 22.3 Å². The van der Waals surface area contributed by atoms with Crippen LogP contribution in [-0.2, 0) is 32.2 Å². The number of hydrogen-bond donors (Lipinski definition) is 1. The molecule has 186 valence electrons. The molecule has 1 saturated heterocycles. The Labute approximate surface area is 205 Å². The van der Waals surface area contributed by atoms with Crippen LogP contribution in [-0.4, -0.2) is 58.2 Å². The summed E-state index contributed by atoms with van der Waals surface area (Å²) in [6.45, 7) is 3.16. The van der Waals surface area contributed by atoms with Crippen LogP contribution in [0.25, 0.3) is 5.69 Å². The predicted molar refractivity (Wildman–Crippen MR) is 129 cm³/mol. The number of halogens is 1. The van der Waals surface area contributed by atoms with Crippen molar-refractivity contribution in [2.24, 2.45) is 11.3 Å². The molecule has 0 spiro atoms. The second-order valence-corrected chi connectivity index (χ2v) is 11.3. The highest BCUT2D eigenvalue weighted by Gasteiger charge is 2.48. The molecule has 9 heteroatoms. The molecule has 2 atom stereocenters. The molecule has 2 heterocycles. The van der Waals surface area contributed by atoms with E-state index < -0.39 is 9.84 Å². The van der Waals surface area contributed by atoms with Crippen LogP contribution < -0.4 is 5.32 Å². The van der Waals surface area contributed by atoms with E-state index in [1.54, 1.807) is 54.3 Å². The van der Waals surface area contributed by atoms with Gasteiger partial charge in [-0.25, -0.2) is 17.5 Å². The molecule has 1 aliphatic carbocycles. The Hall–Kier alpha value is -2.59. The summed E-state index contributed by atoms with van der Waals surface area (Å²) >= 11 is 0. The average Bonchev–Trinajstić information content (AvgIpc) is 3.25. The van der Waals surface area contributed by atoms with E-state index in [9.17, 15) is 12.8 Å². The minimum atomic E-state index is -3.86. The van der Waals surface area contributed by atoms with Crippen LogP contribution >= 0.6 is 0 Å². The van der Waals surface area contributed by atoms with Crippen LogP contribution in [0.5, 0.6) is 0 Å². The third-order valence-corrected chi connectivity index (χ3v) is 8.96. The van der Waals surface area contributed by atoms with Crippen LogP contribution in [0.15, 0.2) is 64.5 Å². The Morgan fingerprint density at radius 3 is 2.66 bits per heavy atom. The molecule has 35 heavy (non-hydrogen) atoms. The van der Waals surface area contributed by atoms with Gasteiger partial charge in [-0.2, -0.15) is 5.10 Å². The highest BCUT2D eigenvalue weighted by atomic mass is 32.2. The molecular weight excluding hydrogens is 469 g/mol. The SMILES string of the molecule is COCCOC[C@@]12CNCC[C@H]1Cc1c(c(S(=O)(=O)c3ccccc3)nn1-c1ccc(F)cc1)C2. The normalized spacial score (nSPS) is 21.9. The summed E-state index contributed by atoms with van der Waals surface area (Å²) in [5, 5.41) is 8.24. The number of sulfone groups is 1. The second kappa shape index (κ2) is 9.81. The van der Waals surface area contributed by atoms with Gasteiger partial charge >= 0.3 is 0 Å². The van der Waals surface area contributed by atoms with Gasteiger partial charge in [0.25, 0.3) is 0 Å². The number of ether oxygens (including phenoxy) is 2. The van der Waals surface area contributed by atoms with Crippen molar-refractivity contribution in [2.75, 3.05) is 40.0 Å². The highest BCUT2D eigenvalue weighted by Crippen LogP contribution is 2.46. The van der Waals surface area contributed by atoms with E-state index >= 15 is 0 Å². The molecule has 2 aromatic carbocycles. The molecule has 1 aromatic heterocycles. The quantitative estimate of drug-likeness (QED) is 0.480. The van der Waals surface area contributed by atoms with Crippen LogP contribution in [0.4, 0.5) is 4.39 Å². The van der Waals surface area contributed by atoms with Crippen molar-refractivity contribution in [2.45, 2.75) is 29.2 Å². The molecule has 5 rings (SSSR count). The largest absolute Gasteiger partial charge is 0.382 e. The molecule has 1 aliphatic heterocycles. The third-order valence-electron chi connectivity index (χ3n) is 7.23. The van der Waals surface area contributed by atoms with Gasteiger partial charge in [-0.15, -0.1) is 0 Å². The van der Waals surface area contributed by atoms with E-state index in [1.807, 2.05) is 0 Å². The molecular formula is C26H30FN3O4S. The second-order valence-electron chi connectivity index (χ2n) is 9.39. The van der Waals surface area contributed by atoms with E-state index in [1.165, 1.54) is 12.1 Å². The number of nitrogens with zero attached hydrogens (tertiary/aromatic N) is 2. The number of nitrogens with one attached hydrogen (secondary N) is 1. The molecule has 0 radical (unpaired) electrons. The molecule has 2 aliphatic rings. The zero-order valence-corrected chi connectivity index (χ0v) is 20.6. The number of benzene rings is 2. The van der Waals surface area contributed by atoms with Gasteiger partial charge in [-0.05, 0) is 68.1 Å². The van der Waals surface area contributed by atoms with E-state index in [4.69, 9.17) is 9.47 Å². The van der Waals surface area contributed by atoms with Crippen LogP contribution in [0.1, 0.15) is 17.7 Å². The van der Waals surface area contributed by atoms with Gasteiger partial charge in [0.1, 0.15) is 5.82 Å². The van der Waals surface area contributed by atoms with Crippen molar-refractivity contribution in [3.8, 4) is 5.69 Å². The van der Waals surface area contributed by atoms with Crippen LogP contribution in [0.2, 0.25) is 0 Å². The molecule has 0 saturated carbocycles. The standard InChI is InChI=1S/C26H30FN3O4S/c1-33-13-14-34-18-26-16-23-24(15-19(26)11-12-28-17-26)30(21-9-7-20(27)8-10-21)29-25(23)35(31,32)22-5-3-2-4-6-22/h2-10,19,28H,11-18H2,1H3/t19-,26+/m0/s1. The lowest BCUT2D eigenvalue weighted by Gasteiger charge is -2.47. The predicted octanol–water partition coefficient (Wildman–Crippen LogP) is 3.20. The molecule has 0 unspecified atom stereocenters. The molecule has 7 nitrogen and oxygen atoms in total. The summed E-state index contributed by atoms with van der Waals surface area (Å²) < 4.78 is 54.0. The number of aromatic nitrogens is 2. The summed E-state index contributed by atoms with van der Waals surface area (Å²) in [6.07, 6.45) is 2.18. The van der Waals surface area contributed by atoms with Gasteiger partial charge in [-0.1, -0.05) is 18.2 Å². The van der Waals surface area contributed by atoms with Gasteiger partial charge in [0, 0.05) is 30.3 Å². The van der Waals surface area contributed by atoms with Crippen molar-refractivity contribution in [1.82, 2.24) is 15.1 Å². The number of hydrogen-bond acceptors (Lipinski definition) is 6. The lowest BCUT2D eigenvalue weighted by molar-refractivity contribution is -0.0291. The maximum absolute atomic E-state index is 13.8. The maximum atomic E-state index is 13.8. The van der Waals surface area contributed by atoms with Gasteiger partial charge in [0.05, 0.1) is 30.4 Å². The third kappa shape index (κ3) is 4.53. The summed E-state index contributed by atoms with van der Waals surface area (Å²) in [5.41, 5.74) is 2.02. The minimum absolute atomic E-state index is 0.0725. The van der Waals surface area contributed by atoms with Crippen molar-refractivity contribution in [1.29, 1.82) is 0 Å². The van der Waals surface area contributed by atoms with Gasteiger partial charge < -0.3 is 14.8 Å². The zero-order valence-electron chi connectivity index (χ0n) is 19.7. The number of piperidine rings is 1. The van der Waals surface area contributed by atoms with E-state index in [-0.39, 0.29) is 21.2 Å². The Morgan fingerprint density at radius 1 is 1.14 bits per heavy atom. The average molecular weight is 500 g/mol. The van der Waals surface area contributed by atoms with Crippen molar-refractivity contribution in [3.63, 3.8) is 0 Å². The van der Waals surface area contributed by atoms with Crippen LogP contribution in [0.3, 0.4) is 0 Å². The first-order valence-electron chi connectivity index (χ1n) is 11.9. The topological polar surface area (TPSA) is 82.4 Å². The number of fused-ring (bicyclic) bond motifs is 2. The molecule has 1 fully saturated rings. The van der Waals surface area contributed by atoms with Crippen molar-refractivity contribution >= 4 is 9.84 Å². The van der Waals surface area contributed by atoms with Crippen LogP contribution in [0, 0.1) is 17.2 Å². The first-order valence-corrected chi connectivity index (χ1v) is 13.4. The summed E-state index contributed by atoms with van der Waals surface area (Å²) in [4.78, 5) is 0.209. The Kier molecular flexibility index (Phi) is 6.76.